The summed E-state index contributed by atoms with van der Waals surface area (Å²) in [5, 5.41) is 8.89. The first-order valence-corrected chi connectivity index (χ1v) is 4.40. The molecule has 0 amide bonds. The minimum atomic E-state index is 0.273. The SMILES string of the molecule is CC(C)C1(CCO)CCOC1. The molecule has 11 heavy (non-hydrogen) atoms. The Balaban J connectivity index is 2.55. The van der Waals surface area contributed by atoms with E-state index in [9.17, 15) is 0 Å². The van der Waals surface area contributed by atoms with E-state index >= 15 is 0 Å². The summed E-state index contributed by atoms with van der Waals surface area (Å²) >= 11 is 0. The number of hydrogen-bond acceptors (Lipinski definition) is 2. The molecule has 0 aromatic heterocycles. The number of hydrogen-bond donors (Lipinski definition) is 1. The van der Waals surface area contributed by atoms with E-state index in [1.807, 2.05) is 0 Å². The molecule has 1 atom stereocenters. The fourth-order valence-corrected chi connectivity index (χ4v) is 1.79. The highest BCUT2D eigenvalue weighted by molar-refractivity contribution is 4.85. The van der Waals surface area contributed by atoms with Crippen molar-refractivity contribution in [3.05, 3.63) is 0 Å². The first kappa shape index (κ1) is 9.01. The number of ether oxygens (including phenoxy) is 1. The van der Waals surface area contributed by atoms with Crippen molar-refractivity contribution in [2.75, 3.05) is 19.8 Å². The van der Waals surface area contributed by atoms with Gasteiger partial charge in [-0.15, -0.1) is 0 Å². The summed E-state index contributed by atoms with van der Waals surface area (Å²) < 4.78 is 5.36. The predicted molar refractivity (Wildman–Crippen MR) is 44.4 cm³/mol. The van der Waals surface area contributed by atoms with Crippen molar-refractivity contribution in [1.29, 1.82) is 0 Å². The van der Waals surface area contributed by atoms with Crippen LogP contribution in [0.2, 0.25) is 0 Å². The summed E-state index contributed by atoms with van der Waals surface area (Å²) in [5.74, 6) is 0.622. The molecule has 0 saturated carbocycles. The Hall–Kier alpha value is -0.0800. The van der Waals surface area contributed by atoms with Gasteiger partial charge in [0.15, 0.2) is 0 Å². The van der Waals surface area contributed by atoms with Crippen LogP contribution in [0.25, 0.3) is 0 Å². The summed E-state index contributed by atoms with van der Waals surface area (Å²) in [7, 11) is 0. The monoisotopic (exact) mass is 158 g/mol. The molecule has 1 unspecified atom stereocenters. The van der Waals surface area contributed by atoms with Crippen LogP contribution < -0.4 is 0 Å². The summed E-state index contributed by atoms with van der Waals surface area (Å²) in [6.07, 6.45) is 2.01. The minimum absolute atomic E-state index is 0.273. The van der Waals surface area contributed by atoms with E-state index in [1.54, 1.807) is 0 Å². The molecule has 1 heterocycles. The lowest BCUT2D eigenvalue weighted by atomic mass is 9.74. The minimum Gasteiger partial charge on any atom is -0.396 e. The Morgan fingerprint density at radius 1 is 1.55 bits per heavy atom. The van der Waals surface area contributed by atoms with Crippen molar-refractivity contribution >= 4 is 0 Å². The third-order valence-electron chi connectivity index (χ3n) is 2.97. The van der Waals surface area contributed by atoms with Crippen molar-refractivity contribution in [3.63, 3.8) is 0 Å². The molecule has 1 rings (SSSR count). The lowest BCUT2D eigenvalue weighted by Crippen LogP contribution is -2.28. The fraction of sp³-hybridized carbons (Fsp3) is 1.00. The summed E-state index contributed by atoms with van der Waals surface area (Å²) in [6, 6.07) is 0. The van der Waals surface area contributed by atoms with E-state index in [0.29, 0.717) is 12.5 Å². The zero-order valence-electron chi connectivity index (χ0n) is 7.47. The van der Waals surface area contributed by atoms with E-state index in [1.165, 1.54) is 0 Å². The second-order valence-electron chi connectivity index (χ2n) is 3.79. The second kappa shape index (κ2) is 3.55. The van der Waals surface area contributed by atoms with Crippen LogP contribution in [-0.4, -0.2) is 24.9 Å². The van der Waals surface area contributed by atoms with Crippen molar-refractivity contribution in [1.82, 2.24) is 0 Å². The predicted octanol–water partition coefficient (Wildman–Crippen LogP) is 1.43. The Morgan fingerprint density at radius 3 is 2.64 bits per heavy atom. The molecule has 0 spiro atoms. The van der Waals surface area contributed by atoms with Crippen LogP contribution in [0.1, 0.15) is 26.7 Å². The number of aliphatic hydroxyl groups excluding tert-OH is 1. The van der Waals surface area contributed by atoms with Crippen LogP contribution in [0.15, 0.2) is 0 Å². The van der Waals surface area contributed by atoms with E-state index in [-0.39, 0.29) is 5.41 Å². The summed E-state index contributed by atoms with van der Waals surface area (Å²) in [5.41, 5.74) is 0.273. The molecule has 0 aromatic carbocycles. The van der Waals surface area contributed by atoms with Gasteiger partial charge in [-0.2, -0.15) is 0 Å². The van der Waals surface area contributed by atoms with Crippen LogP contribution in [-0.2, 0) is 4.74 Å². The van der Waals surface area contributed by atoms with Gasteiger partial charge < -0.3 is 9.84 Å². The fourth-order valence-electron chi connectivity index (χ4n) is 1.79. The van der Waals surface area contributed by atoms with Gasteiger partial charge in [0, 0.05) is 18.6 Å². The first-order chi connectivity index (χ1) is 5.21. The van der Waals surface area contributed by atoms with E-state index < -0.39 is 0 Å². The summed E-state index contributed by atoms with van der Waals surface area (Å²) in [4.78, 5) is 0. The van der Waals surface area contributed by atoms with Gasteiger partial charge >= 0.3 is 0 Å². The normalized spacial score (nSPS) is 31.6. The molecule has 0 radical (unpaired) electrons. The van der Waals surface area contributed by atoms with Crippen molar-refractivity contribution in [2.24, 2.45) is 11.3 Å². The van der Waals surface area contributed by atoms with Crippen molar-refractivity contribution in [2.45, 2.75) is 26.7 Å². The molecule has 2 nitrogen and oxygen atoms in total. The van der Waals surface area contributed by atoms with E-state index in [4.69, 9.17) is 9.84 Å². The Morgan fingerprint density at radius 2 is 2.27 bits per heavy atom. The van der Waals surface area contributed by atoms with Gasteiger partial charge in [0.2, 0.25) is 0 Å². The topological polar surface area (TPSA) is 29.5 Å². The molecular formula is C9H18O2. The van der Waals surface area contributed by atoms with Gasteiger partial charge in [0.1, 0.15) is 0 Å². The summed E-state index contributed by atoms with van der Waals surface area (Å²) in [6.45, 7) is 6.43. The third kappa shape index (κ3) is 1.74. The maximum atomic E-state index is 8.89. The van der Waals surface area contributed by atoms with Gasteiger partial charge in [-0.1, -0.05) is 13.8 Å². The van der Waals surface area contributed by atoms with Gasteiger partial charge in [0.25, 0.3) is 0 Å². The molecule has 66 valence electrons. The average Bonchev–Trinajstić information content (AvgIpc) is 2.38. The van der Waals surface area contributed by atoms with Gasteiger partial charge in [0.05, 0.1) is 6.61 Å². The largest absolute Gasteiger partial charge is 0.396 e. The molecule has 0 aliphatic carbocycles. The highest BCUT2D eigenvalue weighted by Crippen LogP contribution is 2.39. The molecule has 1 aliphatic heterocycles. The Labute approximate surface area is 68.6 Å². The van der Waals surface area contributed by atoms with Crippen molar-refractivity contribution < 1.29 is 9.84 Å². The zero-order valence-corrected chi connectivity index (χ0v) is 7.47. The van der Waals surface area contributed by atoms with Gasteiger partial charge in [-0.05, 0) is 18.8 Å². The van der Waals surface area contributed by atoms with E-state index in [2.05, 4.69) is 13.8 Å². The molecule has 2 heteroatoms. The zero-order chi connectivity index (χ0) is 8.32. The second-order valence-corrected chi connectivity index (χ2v) is 3.79. The van der Waals surface area contributed by atoms with Crippen LogP contribution in [0, 0.1) is 11.3 Å². The Bertz CT molecular complexity index is 115. The van der Waals surface area contributed by atoms with E-state index in [0.717, 1.165) is 26.1 Å². The Kier molecular flexibility index (Phi) is 2.90. The highest BCUT2D eigenvalue weighted by Gasteiger charge is 2.36. The van der Waals surface area contributed by atoms with Gasteiger partial charge in [-0.25, -0.2) is 0 Å². The quantitative estimate of drug-likeness (QED) is 0.673. The van der Waals surface area contributed by atoms with Crippen LogP contribution in [0.3, 0.4) is 0 Å². The maximum Gasteiger partial charge on any atom is 0.0526 e. The number of aliphatic hydroxyl groups is 1. The molecular weight excluding hydrogens is 140 g/mol. The molecule has 0 bridgehead atoms. The lowest BCUT2D eigenvalue weighted by Gasteiger charge is -2.30. The lowest BCUT2D eigenvalue weighted by molar-refractivity contribution is 0.0906. The number of rotatable bonds is 3. The molecule has 1 N–H and O–H groups in total. The van der Waals surface area contributed by atoms with Crippen LogP contribution >= 0.6 is 0 Å². The maximum absolute atomic E-state index is 8.89. The van der Waals surface area contributed by atoms with Crippen molar-refractivity contribution in [3.8, 4) is 0 Å². The highest BCUT2D eigenvalue weighted by atomic mass is 16.5. The molecule has 1 aliphatic rings. The van der Waals surface area contributed by atoms with Crippen LogP contribution in [0.4, 0.5) is 0 Å². The average molecular weight is 158 g/mol. The molecule has 1 saturated heterocycles. The van der Waals surface area contributed by atoms with Gasteiger partial charge in [-0.3, -0.25) is 0 Å². The standard InChI is InChI=1S/C9H18O2/c1-8(2)9(3-5-10)4-6-11-7-9/h8,10H,3-7H2,1-2H3. The molecule has 0 aromatic rings. The molecule has 1 fully saturated rings. The van der Waals surface area contributed by atoms with Crippen LogP contribution in [0.5, 0.6) is 0 Å². The third-order valence-corrected chi connectivity index (χ3v) is 2.97. The first-order valence-electron chi connectivity index (χ1n) is 4.40. The smallest absolute Gasteiger partial charge is 0.0526 e.